The van der Waals surface area contributed by atoms with Crippen molar-refractivity contribution in [2.24, 2.45) is 0 Å². The van der Waals surface area contributed by atoms with Crippen LogP contribution in [0.4, 0.5) is 0 Å². The van der Waals surface area contributed by atoms with E-state index in [1.807, 2.05) is 42.5 Å². The van der Waals surface area contributed by atoms with Gasteiger partial charge >= 0.3 is 0 Å². The lowest BCUT2D eigenvalue weighted by Gasteiger charge is -2.15. The zero-order valence-corrected chi connectivity index (χ0v) is 19.8. The Morgan fingerprint density at radius 1 is 0.800 bits per heavy atom. The zero-order chi connectivity index (χ0) is 21.5. The summed E-state index contributed by atoms with van der Waals surface area (Å²) in [4.78, 5) is 0. The molecule has 0 amide bonds. The molecule has 0 radical (unpaired) electrons. The standard InChI is InChI=1S/C23H22BrCl2NO3/c1-28-21-6-4-3-5-15(21)12-27-13-17-9-22(29-2)23(11-19(17)24)30-14-16-7-8-18(25)10-20(16)26/h3-11,27H,12-14H2,1-2H3. The fourth-order valence-electron chi connectivity index (χ4n) is 2.96. The van der Waals surface area contributed by atoms with E-state index < -0.39 is 0 Å². The average molecular weight is 511 g/mol. The molecule has 0 aromatic heterocycles. The summed E-state index contributed by atoms with van der Waals surface area (Å²) in [6.07, 6.45) is 0. The molecule has 0 aliphatic heterocycles. The fourth-order valence-corrected chi connectivity index (χ4v) is 3.89. The maximum atomic E-state index is 6.23. The van der Waals surface area contributed by atoms with E-state index in [9.17, 15) is 0 Å². The summed E-state index contributed by atoms with van der Waals surface area (Å²) in [7, 11) is 3.30. The van der Waals surface area contributed by atoms with E-state index in [4.69, 9.17) is 37.4 Å². The van der Waals surface area contributed by atoms with Crippen molar-refractivity contribution in [1.82, 2.24) is 5.32 Å². The number of rotatable bonds is 9. The first-order valence-electron chi connectivity index (χ1n) is 9.27. The second-order valence-corrected chi connectivity index (χ2v) is 8.23. The smallest absolute Gasteiger partial charge is 0.162 e. The third kappa shape index (κ3) is 5.82. The molecule has 4 nitrogen and oxygen atoms in total. The molecule has 30 heavy (non-hydrogen) atoms. The van der Waals surface area contributed by atoms with Crippen molar-refractivity contribution < 1.29 is 14.2 Å². The zero-order valence-electron chi connectivity index (χ0n) is 16.7. The minimum Gasteiger partial charge on any atom is -0.496 e. The van der Waals surface area contributed by atoms with Gasteiger partial charge in [0.15, 0.2) is 11.5 Å². The second kappa shape index (κ2) is 10.9. The van der Waals surface area contributed by atoms with Crippen LogP contribution in [0.1, 0.15) is 16.7 Å². The number of benzene rings is 3. The van der Waals surface area contributed by atoms with E-state index >= 15 is 0 Å². The van der Waals surface area contributed by atoms with Crippen LogP contribution in [-0.4, -0.2) is 14.2 Å². The molecule has 0 bridgehead atoms. The van der Waals surface area contributed by atoms with Crippen LogP contribution >= 0.6 is 39.1 Å². The number of nitrogens with one attached hydrogen (secondary N) is 1. The summed E-state index contributed by atoms with van der Waals surface area (Å²) in [5.74, 6) is 2.15. The quantitative estimate of drug-likeness (QED) is 0.350. The summed E-state index contributed by atoms with van der Waals surface area (Å²) >= 11 is 15.8. The first-order valence-corrected chi connectivity index (χ1v) is 10.8. The molecule has 3 aromatic rings. The van der Waals surface area contributed by atoms with E-state index in [-0.39, 0.29) is 0 Å². The van der Waals surface area contributed by atoms with Gasteiger partial charge in [-0.05, 0) is 35.9 Å². The summed E-state index contributed by atoms with van der Waals surface area (Å²) in [5.41, 5.74) is 3.00. The van der Waals surface area contributed by atoms with Crippen molar-refractivity contribution in [3.05, 3.63) is 85.8 Å². The first-order chi connectivity index (χ1) is 14.5. The van der Waals surface area contributed by atoms with Gasteiger partial charge in [-0.3, -0.25) is 0 Å². The Balaban J connectivity index is 1.67. The van der Waals surface area contributed by atoms with Crippen LogP contribution in [-0.2, 0) is 19.7 Å². The van der Waals surface area contributed by atoms with Gasteiger partial charge in [0.05, 0.1) is 14.2 Å². The SMILES string of the molecule is COc1ccccc1CNCc1cc(OC)c(OCc2ccc(Cl)cc2Cl)cc1Br. The highest BCUT2D eigenvalue weighted by Gasteiger charge is 2.12. The molecule has 1 N–H and O–H groups in total. The molecule has 7 heteroatoms. The molecule has 0 unspecified atom stereocenters. The number of hydrogen-bond donors (Lipinski definition) is 1. The Morgan fingerprint density at radius 2 is 1.53 bits per heavy atom. The second-order valence-electron chi connectivity index (χ2n) is 6.53. The highest BCUT2D eigenvalue weighted by atomic mass is 79.9. The summed E-state index contributed by atoms with van der Waals surface area (Å²) in [6.45, 7) is 1.65. The van der Waals surface area contributed by atoms with Crippen molar-refractivity contribution in [2.75, 3.05) is 14.2 Å². The van der Waals surface area contributed by atoms with Gasteiger partial charge in [0, 0.05) is 38.7 Å². The Hall–Kier alpha value is -1.92. The third-order valence-corrected chi connectivity index (χ3v) is 5.88. The van der Waals surface area contributed by atoms with Crippen molar-refractivity contribution in [3.8, 4) is 17.2 Å². The lowest BCUT2D eigenvalue weighted by molar-refractivity contribution is 0.284. The van der Waals surface area contributed by atoms with Crippen LogP contribution in [0.3, 0.4) is 0 Å². The number of ether oxygens (including phenoxy) is 3. The van der Waals surface area contributed by atoms with Crippen LogP contribution in [0.2, 0.25) is 10.0 Å². The van der Waals surface area contributed by atoms with Crippen molar-refractivity contribution in [1.29, 1.82) is 0 Å². The summed E-state index contributed by atoms with van der Waals surface area (Å²) in [5, 5.41) is 4.60. The Kier molecular flexibility index (Phi) is 8.28. The molecule has 0 saturated carbocycles. The Labute approximate surface area is 195 Å². The Bertz CT molecular complexity index is 1010. The van der Waals surface area contributed by atoms with Gasteiger partial charge in [0.2, 0.25) is 0 Å². The summed E-state index contributed by atoms with van der Waals surface area (Å²) < 4.78 is 17.8. The monoisotopic (exact) mass is 509 g/mol. The highest BCUT2D eigenvalue weighted by Crippen LogP contribution is 2.35. The van der Waals surface area contributed by atoms with Gasteiger partial charge in [0.1, 0.15) is 12.4 Å². The van der Waals surface area contributed by atoms with E-state index in [2.05, 4.69) is 21.2 Å². The van der Waals surface area contributed by atoms with Crippen LogP contribution in [0.5, 0.6) is 17.2 Å². The molecule has 0 saturated heterocycles. The van der Waals surface area contributed by atoms with E-state index in [1.54, 1.807) is 26.4 Å². The van der Waals surface area contributed by atoms with E-state index in [1.165, 1.54) is 0 Å². The van der Waals surface area contributed by atoms with Crippen molar-refractivity contribution in [3.63, 3.8) is 0 Å². The molecule has 0 spiro atoms. The first kappa shape index (κ1) is 22.8. The van der Waals surface area contributed by atoms with Crippen LogP contribution in [0, 0.1) is 0 Å². The van der Waals surface area contributed by atoms with Gasteiger partial charge in [-0.15, -0.1) is 0 Å². The molecule has 3 aromatic carbocycles. The molecule has 158 valence electrons. The molecule has 0 fully saturated rings. The van der Waals surface area contributed by atoms with Crippen LogP contribution in [0.15, 0.2) is 59.1 Å². The van der Waals surface area contributed by atoms with Crippen molar-refractivity contribution >= 4 is 39.1 Å². The van der Waals surface area contributed by atoms with Crippen LogP contribution < -0.4 is 19.5 Å². The van der Waals surface area contributed by atoms with Crippen molar-refractivity contribution in [2.45, 2.75) is 19.7 Å². The van der Waals surface area contributed by atoms with Gasteiger partial charge < -0.3 is 19.5 Å². The van der Waals surface area contributed by atoms with Gasteiger partial charge in [-0.25, -0.2) is 0 Å². The number of halogens is 3. The predicted octanol–water partition coefficient (Wildman–Crippen LogP) is 6.64. The van der Waals surface area contributed by atoms with E-state index in [0.29, 0.717) is 41.2 Å². The number of para-hydroxylation sites is 1. The molecular formula is C23H22BrCl2NO3. The van der Waals surface area contributed by atoms with E-state index in [0.717, 1.165) is 26.9 Å². The summed E-state index contributed by atoms with van der Waals surface area (Å²) in [6, 6.07) is 17.1. The largest absolute Gasteiger partial charge is 0.496 e. The molecule has 0 heterocycles. The highest BCUT2D eigenvalue weighted by molar-refractivity contribution is 9.10. The molecular weight excluding hydrogens is 489 g/mol. The lowest BCUT2D eigenvalue weighted by Crippen LogP contribution is -2.14. The minimum absolute atomic E-state index is 0.310. The third-order valence-electron chi connectivity index (χ3n) is 4.55. The van der Waals surface area contributed by atoms with Crippen LogP contribution in [0.25, 0.3) is 0 Å². The lowest BCUT2D eigenvalue weighted by atomic mass is 10.1. The molecule has 0 aliphatic carbocycles. The molecule has 0 atom stereocenters. The number of methoxy groups -OCH3 is 2. The number of hydrogen-bond acceptors (Lipinski definition) is 4. The van der Waals surface area contributed by atoms with Gasteiger partial charge in [-0.2, -0.15) is 0 Å². The predicted molar refractivity (Wildman–Crippen MR) is 125 cm³/mol. The maximum absolute atomic E-state index is 6.23. The maximum Gasteiger partial charge on any atom is 0.162 e. The normalized spacial score (nSPS) is 10.7. The molecule has 0 aliphatic rings. The van der Waals surface area contributed by atoms with Gasteiger partial charge in [0.25, 0.3) is 0 Å². The van der Waals surface area contributed by atoms with Gasteiger partial charge in [-0.1, -0.05) is 63.4 Å². The fraction of sp³-hybridized carbons (Fsp3) is 0.217. The Morgan fingerprint density at radius 3 is 2.27 bits per heavy atom. The molecule has 3 rings (SSSR count). The average Bonchev–Trinajstić information content (AvgIpc) is 2.74. The minimum atomic E-state index is 0.310. The topological polar surface area (TPSA) is 39.7 Å².